The Morgan fingerprint density at radius 2 is 2.17 bits per heavy atom. The highest BCUT2D eigenvalue weighted by molar-refractivity contribution is 5.94. The van der Waals surface area contributed by atoms with Gasteiger partial charge in [0.1, 0.15) is 11.4 Å². The number of rotatable bonds is 6. The number of aliphatic hydroxyl groups excluding tert-OH is 1. The quantitative estimate of drug-likeness (QED) is 0.719. The number of anilines is 1. The van der Waals surface area contributed by atoms with Crippen molar-refractivity contribution < 1.29 is 15.0 Å². The number of aliphatic hydroxyl groups is 1. The maximum atomic E-state index is 11.2. The maximum absolute atomic E-state index is 11.2. The Morgan fingerprint density at radius 1 is 1.50 bits per heavy atom. The van der Waals surface area contributed by atoms with Crippen LogP contribution >= 0.6 is 0 Å². The van der Waals surface area contributed by atoms with E-state index in [1.807, 2.05) is 13.8 Å². The van der Waals surface area contributed by atoms with Gasteiger partial charge in [0, 0.05) is 18.8 Å². The van der Waals surface area contributed by atoms with Gasteiger partial charge >= 0.3 is 5.97 Å². The molecule has 5 heteroatoms. The fraction of sp³-hybridized carbons (Fsp3) is 0.538. The summed E-state index contributed by atoms with van der Waals surface area (Å²) in [6.07, 6.45) is 0.681. The Hall–Kier alpha value is -1.62. The van der Waals surface area contributed by atoms with Crippen LogP contribution in [0.5, 0.6) is 0 Å². The molecule has 0 saturated carbocycles. The van der Waals surface area contributed by atoms with E-state index in [1.165, 1.54) is 0 Å². The predicted octanol–water partition coefficient (Wildman–Crippen LogP) is 1.83. The summed E-state index contributed by atoms with van der Waals surface area (Å²) in [5, 5.41) is 21.1. The van der Waals surface area contributed by atoms with Crippen LogP contribution in [-0.2, 0) is 0 Å². The Morgan fingerprint density at radius 3 is 2.72 bits per heavy atom. The van der Waals surface area contributed by atoms with Crippen LogP contribution in [0.25, 0.3) is 0 Å². The molecule has 18 heavy (non-hydrogen) atoms. The largest absolute Gasteiger partial charge is 0.478 e. The molecule has 5 nitrogen and oxygen atoms in total. The number of aryl methyl sites for hydroxylation is 2. The molecule has 1 unspecified atom stereocenters. The fourth-order valence-electron chi connectivity index (χ4n) is 1.83. The summed E-state index contributed by atoms with van der Waals surface area (Å²) < 4.78 is 0. The zero-order valence-electron chi connectivity index (χ0n) is 11.0. The predicted molar refractivity (Wildman–Crippen MR) is 70.0 cm³/mol. The molecule has 0 aliphatic heterocycles. The Kier molecular flexibility index (Phi) is 5.09. The van der Waals surface area contributed by atoms with Gasteiger partial charge in [-0.1, -0.05) is 6.92 Å². The molecule has 3 N–H and O–H groups in total. The summed E-state index contributed by atoms with van der Waals surface area (Å²) in [5.41, 5.74) is 1.71. The van der Waals surface area contributed by atoms with Crippen LogP contribution in [-0.4, -0.2) is 34.3 Å². The van der Waals surface area contributed by atoms with Crippen molar-refractivity contribution in [2.24, 2.45) is 5.92 Å². The molecule has 0 amide bonds. The first-order valence-corrected chi connectivity index (χ1v) is 6.02. The van der Waals surface area contributed by atoms with Crippen LogP contribution in [0, 0.1) is 19.8 Å². The number of aromatic carboxylic acids is 1. The Bertz CT molecular complexity index is 432. The highest BCUT2D eigenvalue weighted by Crippen LogP contribution is 2.19. The van der Waals surface area contributed by atoms with E-state index in [1.54, 1.807) is 13.0 Å². The Balaban J connectivity index is 2.90. The van der Waals surface area contributed by atoms with Crippen molar-refractivity contribution in [3.63, 3.8) is 0 Å². The zero-order valence-corrected chi connectivity index (χ0v) is 11.0. The molecule has 1 rings (SSSR count). The summed E-state index contributed by atoms with van der Waals surface area (Å²) in [6.45, 7) is 6.32. The van der Waals surface area contributed by atoms with Gasteiger partial charge in [-0.2, -0.15) is 0 Å². The second kappa shape index (κ2) is 6.35. The number of carbonyl (C=O) groups is 1. The molecular formula is C13H20N2O3. The minimum absolute atomic E-state index is 0.134. The van der Waals surface area contributed by atoms with E-state index in [0.717, 1.165) is 5.69 Å². The number of hydrogen-bond acceptors (Lipinski definition) is 4. The molecule has 0 saturated heterocycles. The first-order chi connectivity index (χ1) is 8.45. The van der Waals surface area contributed by atoms with Gasteiger partial charge in [-0.3, -0.25) is 0 Å². The average Bonchev–Trinajstić information content (AvgIpc) is 2.25. The molecule has 0 radical (unpaired) electrons. The van der Waals surface area contributed by atoms with Crippen LogP contribution in [0.15, 0.2) is 6.07 Å². The van der Waals surface area contributed by atoms with E-state index in [9.17, 15) is 9.90 Å². The third-order valence-electron chi connectivity index (χ3n) is 2.80. The van der Waals surface area contributed by atoms with Gasteiger partial charge in [0.15, 0.2) is 0 Å². The summed E-state index contributed by atoms with van der Waals surface area (Å²) >= 11 is 0. The van der Waals surface area contributed by atoms with Crippen molar-refractivity contribution in [1.82, 2.24) is 4.98 Å². The maximum Gasteiger partial charge on any atom is 0.339 e. The smallest absolute Gasteiger partial charge is 0.339 e. The van der Waals surface area contributed by atoms with Crippen molar-refractivity contribution in [3.8, 4) is 0 Å². The lowest BCUT2D eigenvalue weighted by Gasteiger charge is -2.15. The van der Waals surface area contributed by atoms with Crippen molar-refractivity contribution in [2.45, 2.75) is 27.2 Å². The molecule has 0 fully saturated rings. The number of aromatic nitrogens is 1. The average molecular weight is 252 g/mol. The summed E-state index contributed by atoms with van der Waals surface area (Å²) in [6, 6.07) is 1.76. The number of hydrogen-bond donors (Lipinski definition) is 3. The van der Waals surface area contributed by atoms with Crippen LogP contribution in [0.1, 0.15) is 35.0 Å². The molecule has 0 aromatic carbocycles. The van der Waals surface area contributed by atoms with Crippen molar-refractivity contribution in [1.29, 1.82) is 0 Å². The van der Waals surface area contributed by atoms with Gasteiger partial charge in [0.2, 0.25) is 0 Å². The molecule has 0 aliphatic rings. The summed E-state index contributed by atoms with van der Waals surface area (Å²) in [5.74, 6) is -0.304. The Labute approximate surface area is 107 Å². The zero-order chi connectivity index (χ0) is 13.7. The minimum Gasteiger partial charge on any atom is -0.478 e. The van der Waals surface area contributed by atoms with Crippen molar-refractivity contribution in [3.05, 3.63) is 22.9 Å². The van der Waals surface area contributed by atoms with Crippen LogP contribution in [0.4, 0.5) is 5.82 Å². The minimum atomic E-state index is -0.975. The number of carboxylic acids is 1. The molecule has 100 valence electrons. The number of nitrogens with one attached hydrogen (secondary N) is 1. The molecular weight excluding hydrogens is 232 g/mol. The standard InChI is InChI=1S/C13H20N2O3/c1-8(4-5-16)7-14-12-11(13(17)18)9(2)6-10(3)15-12/h6,8,16H,4-5,7H2,1-3H3,(H,14,15)(H,17,18). The van der Waals surface area contributed by atoms with E-state index < -0.39 is 5.97 Å². The van der Waals surface area contributed by atoms with Gasteiger partial charge in [0.25, 0.3) is 0 Å². The molecule has 1 heterocycles. The van der Waals surface area contributed by atoms with Gasteiger partial charge in [-0.05, 0) is 37.8 Å². The van der Waals surface area contributed by atoms with E-state index in [0.29, 0.717) is 24.3 Å². The normalized spacial score (nSPS) is 12.2. The third kappa shape index (κ3) is 3.70. The topological polar surface area (TPSA) is 82.5 Å². The number of nitrogens with zero attached hydrogens (tertiary/aromatic N) is 1. The highest BCUT2D eigenvalue weighted by Gasteiger charge is 2.15. The molecule has 0 bridgehead atoms. The van der Waals surface area contributed by atoms with E-state index in [4.69, 9.17) is 5.11 Å². The van der Waals surface area contributed by atoms with Gasteiger partial charge in [0.05, 0.1) is 0 Å². The third-order valence-corrected chi connectivity index (χ3v) is 2.80. The molecule has 0 spiro atoms. The molecule has 1 aromatic rings. The van der Waals surface area contributed by atoms with Crippen LogP contribution in [0.3, 0.4) is 0 Å². The second-order valence-corrected chi connectivity index (χ2v) is 4.61. The SMILES string of the molecule is Cc1cc(C)c(C(=O)O)c(NCC(C)CCO)n1. The number of carboxylic acid groups (broad SMARTS) is 1. The van der Waals surface area contributed by atoms with Crippen molar-refractivity contribution in [2.75, 3.05) is 18.5 Å². The lowest BCUT2D eigenvalue weighted by molar-refractivity contribution is 0.0696. The number of pyridine rings is 1. The second-order valence-electron chi connectivity index (χ2n) is 4.61. The molecule has 1 atom stereocenters. The molecule has 0 aliphatic carbocycles. The lowest BCUT2D eigenvalue weighted by Crippen LogP contribution is -2.17. The lowest BCUT2D eigenvalue weighted by atomic mass is 10.1. The monoisotopic (exact) mass is 252 g/mol. The molecule has 1 aromatic heterocycles. The van der Waals surface area contributed by atoms with E-state index in [2.05, 4.69) is 10.3 Å². The summed E-state index contributed by atoms with van der Waals surface area (Å²) in [7, 11) is 0. The fourth-order valence-corrected chi connectivity index (χ4v) is 1.83. The first-order valence-electron chi connectivity index (χ1n) is 6.02. The van der Waals surface area contributed by atoms with Gasteiger partial charge < -0.3 is 15.5 Å². The van der Waals surface area contributed by atoms with E-state index in [-0.39, 0.29) is 18.1 Å². The van der Waals surface area contributed by atoms with Crippen LogP contribution < -0.4 is 5.32 Å². The van der Waals surface area contributed by atoms with Crippen molar-refractivity contribution >= 4 is 11.8 Å². The van der Waals surface area contributed by atoms with E-state index >= 15 is 0 Å². The highest BCUT2D eigenvalue weighted by atomic mass is 16.4. The van der Waals surface area contributed by atoms with Gasteiger partial charge in [-0.15, -0.1) is 0 Å². The van der Waals surface area contributed by atoms with Crippen LogP contribution in [0.2, 0.25) is 0 Å². The first kappa shape index (κ1) is 14.4. The van der Waals surface area contributed by atoms with Gasteiger partial charge in [-0.25, -0.2) is 9.78 Å². The summed E-state index contributed by atoms with van der Waals surface area (Å²) in [4.78, 5) is 15.4.